The highest BCUT2D eigenvalue weighted by molar-refractivity contribution is 7.90. The van der Waals surface area contributed by atoms with Crippen LogP contribution >= 0.6 is 0 Å². The van der Waals surface area contributed by atoms with Crippen molar-refractivity contribution >= 4 is 38.8 Å². The Hall–Kier alpha value is -5.38. The summed E-state index contributed by atoms with van der Waals surface area (Å²) in [5.74, 6) is -0.996. The van der Waals surface area contributed by atoms with Gasteiger partial charge in [-0.05, 0) is 57.5 Å². The van der Waals surface area contributed by atoms with Gasteiger partial charge in [-0.15, -0.1) is 0 Å². The number of anilines is 2. The zero-order valence-corrected chi connectivity index (χ0v) is 29.2. The predicted octanol–water partition coefficient (Wildman–Crippen LogP) is 3.41. The van der Waals surface area contributed by atoms with Crippen LogP contribution in [-0.2, 0) is 19.7 Å². The largest absolute Gasteiger partial charge is 0.453 e. The van der Waals surface area contributed by atoms with Crippen LogP contribution in [0.1, 0.15) is 32.8 Å². The molecule has 2 aromatic carbocycles. The highest BCUT2D eigenvalue weighted by atomic mass is 32.2. The second-order valence-corrected chi connectivity index (χ2v) is 14.6. The molecule has 0 unspecified atom stereocenters. The first-order chi connectivity index (χ1) is 24.3. The molecule has 16 nitrogen and oxygen atoms in total. The Balaban J connectivity index is 1.20. The van der Waals surface area contributed by atoms with Crippen molar-refractivity contribution in [3.05, 3.63) is 70.8 Å². The molecule has 4 heterocycles. The third kappa shape index (κ3) is 7.70. The number of benzene rings is 2. The number of rotatable bonds is 8. The zero-order valence-electron chi connectivity index (χ0n) is 28.4. The zero-order chi connectivity index (χ0) is 36.5. The number of piperazine rings is 1. The molecule has 1 N–H and O–H groups in total. The molecule has 2 aliphatic heterocycles. The van der Waals surface area contributed by atoms with E-state index in [4.69, 9.17) is 14.2 Å². The van der Waals surface area contributed by atoms with E-state index in [0.29, 0.717) is 49.8 Å². The first-order valence-corrected chi connectivity index (χ1v) is 17.5. The topological polar surface area (TPSA) is 185 Å². The second kappa shape index (κ2) is 14.1. The van der Waals surface area contributed by atoms with E-state index in [2.05, 4.69) is 19.7 Å². The number of hydrogen-bond donors (Lipinski definition) is 1. The van der Waals surface area contributed by atoms with Crippen LogP contribution in [0.15, 0.2) is 53.8 Å². The molecule has 2 aliphatic rings. The average molecular weight is 722 g/mol. The standard InChI is InChI=1S/C33H36FN9O7S/c1-33(2,3)50-32(45)41-13-11-40(12-14-41)31-36-17-21(18-37-31)43-20-38-27-7-5-22(15-24(27)30(43)44)49-29-25(16-35)28(8-6-26(29)34)39-51(46,47)42-10-9-23(19-42)48-4/h5-8,15,17-18,20,23,39H,9-14,19H2,1-4H3/t23-/m1/s1. The van der Waals surface area contributed by atoms with Crippen molar-refractivity contribution in [1.29, 1.82) is 5.26 Å². The van der Waals surface area contributed by atoms with Crippen molar-refractivity contribution in [2.45, 2.75) is 38.9 Å². The van der Waals surface area contributed by atoms with Crippen LogP contribution in [0.5, 0.6) is 11.5 Å². The minimum atomic E-state index is -4.09. The van der Waals surface area contributed by atoms with Gasteiger partial charge in [0.25, 0.3) is 5.56 Å². The molecule has 4 aromatic rings. The molecule has 6 rings (SSSR count). The summed E-state index contributed by atoms with van der Waals surface area (Å²) in [5, 5.41) is 10.1. The van der Waals surface area contributed by atoms with Crippen LogP contribution in [-0.4, -0.2) is 101 Å². The van der Waals surface area contributed by atoms with E-state index in [-0.39, 0.29) is 47.7 Å². The number of carbonyl (C=O) groups excluding carboxylic acids is 1. The fraction of sp³-hybridized carbons (Fsp3) is 0.394. The molecule has 0 bridgehead atoms. The highest BCUT2D eigenvalue weighted by Crippen LogP contribution is 2.34. The fourth-order valence-corrected chi connectivity index (χ4v) is 6.93. The third-order valence-corrected chi connectivity index (χ3v) is 9.80. The second-order valence-electron chi connectivity index (χ2n) is 12.9. The van der Waals surface area contributed by atoms with E-state index < -0.39 is 32.9 Å². The van der Waals surface area contributed by atoms with E-state index in [9.17, 15) is 23.3 Å². The number of hydrogen-bond acceptors (Lipinski definition) is 12. The minimum Gasteiger partial charge on any atom is -0.453 e. The minimum absolute atomic E-state index is 0.00848. The lowest BCUT2D eigenvalue weighted by Gasteiger charge is -2.35. The number of aromatic nitrogens is 4. The van der Waals surface area contributed by atoms with Gasteiger partial charge < -0.3 is 24.0 Å². The number of halogens is 1. The maximum absolute atomic E-state index is 15.1. The highest BCUT2D eigenvalue weighted by Gasteiger charge is 2.33. The molecule has 268 valence electrons. The Kier molecular flexibility index (Phi) is 9.79. The normalized spacial score (nSPS) is 17.0. The average Bonchev–Trinajstić information content (AvgIpc) is 3.61. The summed E-state index contributed by atoms with van der Waals surface area (Å²) in [7, 11) is -2.59. The summed E-state index contributed by atoms with van der Waals surface area (Å²) < 4.78 is 62.4. The maximum Gasteiger partial charge on any atom is 0.410 e. The number of nitriles is 1. The molecule has 18 heteroatoms. The van der Waals surface area contributed by atoms with Crippen LogP contribution in [0.25, 0.3) is 16.6 Å². The summed E-state index contributed by atoms with van der Waals surface area (Å²) >= 11 is 0. The van der Waals surface area contributed by atoms with Gasteiger partial charge in [-0.1, -0.05) is 0 Å². The van der Waals surface area contributed by atoms with Crippen molar-refractivity contribution < 1.29 is 31.8 Å². The molecule has 0 radical (unpaired) electrons. The first-order valence-electron chi connectivity index (χ1n) is 16.0. The van der Waals surface area contributed by atoms with Crippen molar-refractivity contribution in [3.63, 3.8) is 0 Å². The molecule has 2 saturated heterocycles. The SMILES string of the molecule is CO[C@@H]1CCN(S(=O)(=O)Nc2ccc(F)c(Oc3ccc4ncn(-c5cnc(N6CCN(C(=O)OC(C)(C)C)CC6)nc5)c(=O)c4c3)c2C#N)C1. The molecule has 2 fully saturated rings. The van der Waals surface area contributed by atoms with Gasteiger partial charge in [-0.2, -0.15) is 18.0 Å². The number of methoxy groups -OCH3 is 1. The number of nitrogens with one attached hydrogen (secondary N) is 1. The first kappa shape index (κ1) is 35.4. The Morgan fingerprint density at radius 1 is 1.06 bits per heavy atom. The fourth-order valence-electron chi connectivity index (χ4n) is 5.65. The number of carbonyl (C=O) groups is 1. The van der Waals surface area contributed by atoms with Crippen LogP contribution in [0.4, 0.5) is 20.8 Å². The summed E-state index contributed by atoms with van der Waals surface area (Å²) in [6, 6.07) is 8.26. The Labute approximate surface area is 293 Å². The van der Waals surface area contributed by atoms with Crippen LogP contribution in [0.3, 0.4) is 0 Å². The van der Waals surface area contributed by atoms with E-state index >= 15 is 4.39 Å². The monoisotopic (exact) mass is 721 g/mol. The Morgan fingerprint density at radius 3 is 2.43 bits per heavy atom. The molecular weight excluding hydrogens is 685 g/mol. The van der Waals surface area contributed by atoms with E-state index in [1.54, 1.807) is 4.90 Å². The lowest BCUT2D eigenvalue weighted by molar-refractivity contribution is 0.0240. The van der Waals surface area contributed by atoms with Crippen molar-refractivity contribution in [1.82, 2.24) is 28.7 Å². The lowest BCUT2D eigenvalue weighted by Crippen LogP contribution is -2.50. The van der Waals surface area contributed by atoms with Gasteiger partial charge in [0.1, 0.15) is 29.3 Å². The van der Waals surface area contributed by atoms with Crippen molar-refractivity contribution in [2.24, 2.45) is 0 Å². The van der Waals surface area contributed by atoms with Crippen molar-refractivity contribution in [3.8, 4) is 23.3 Å². The lowest BCUT2D eigenvalue weighted by atomic mass is 10.1. The summed E-state index contributed by atoms with van der Waals surface area (Å²) in [4.78, 5) is 42.8. The van der Waals surface area contributed by atoms with Gasteiger partial charge in [0, 0.05) is 46.4 Å². The Bertz CT molecular complexity index is 2160. The quantitative estimate of drug-likeness (QED) is 0.280. The van der Waals surface area contributed by atoms with Crippen LogP contribution in [0.2, 0.25) is 0 Å². The van der Waals surface area contributed by atoms with Gasteiger partial charge in [-0.25, -0.2) is 24.1 Å². The number of nitrogens with zero attached hydrogens (tertiary/aromatic N) is 8. The van der Waals surface area contributed by atoms with Gasteiger partial charge in [0.05, 0.1) is 40.8 Å². The maximum atomic E-state index is 15.1. The smallest absolute Gasteiger partial charge is 0.410 e. The molecule has 0 saturated carbocycles. The Morgan fingerprint density at radius 2 is 1.78 bits per heavy atom. The number of amides is 1. The summed E-state index contributed by atoms with van der Waals surface area (Å²) in [6.45, 7) is 7.66. The summed E-state index contributed by atoms with van der Waals surface area (Å²) in [6.07, 6.45) is 4.17. The van der Waals surface area contributed by atoms with Gasteiger partial charge >= 0.3 is 16.3 Å². The van der Waals surface area contributed by atoms with Gasteiger partial charge in [0.15, 0.2) is 11.6 Å². The van der Waals surface area contributed by atoms with Crippen LogP contribution in [0, 0.1) is 17.1 Å². The van der Waals surface area contributed by atoms with Gasteiger partial charge in [0.2, 0.25) is 5.95 Å². The predicted molar refractivity (Wildman–Crippen MR) is 184 cm³/mol. The molecule has 51 heavy (non-hydrogen) atoms. The molecule has 2 aromatic heterocycles. The molecule has 0 spiro atoms. The third-order valence-electron chi connectivity index (χ3n) is 8.31. The molecule has 1 atom stereocenters. The molecule has 1 amide bonds. The molecular formula is C33H36FN9O7S. The van der Waals surface area contributed by atoms with Crippen LogP contribution < -0.4 is 19.9 Å². The molecule has 0 aliphatic carbocycles. The van der Waals surface area contributed by atoms with E-state index in [1.807, 2.05) is 31.7 Å². The number of ether oxygens (including phenoxy) is 3. The summed E-state index contributed by atoms with van der Waals surface area (Å²) in [5.41, 5.74) is -0.970. The van der Waals surface area contributed by atoms with E-state index in [1.165, 1.54) is 52.9 Å². The van der Waals surface area contributed by atoms with Gasteiger partial charge in [-0.3, -0.25) is 14.1 Å². The van der Waals surface area contributed by atoms with Crippen molar-refractivity contribution in [2.75, 3.05) is 56.0 Å². The van der Waals surface area contributed by atoms with E-state index in [0.717, 1.165) is 12.1 Å². The number of fused-ring (bicyclic) bond motifs is 1.